The van der Waals surface area contributed by atoms with Crippen LogP contribution >= 0.6 is 15.9 Å². The Balaban J connectivity index is 1.69. The smallest absolute Gasteiger partial charge is 0.278 e. The van der Waals surface area contributed by atoms with Gasteiger partial charge in [-0.15, -0.1) is 0 Å². The van der Waals surface area contributed by atoms with Crippen molar-refractivity contribution in [2.75, 3.05) is 0 Å². The van der Waals surface area contributed by atoms with Crippen molar-refractivity contribution in [1.29, 1.82) is 0 Å². The van der Waals surface area contributed by atoms with E-state index < -0.39 is 0 Å². The summed E-state index contributed by atoms with van der Waals surface area (Å²) in [6.45, 7) is 0. The Kier molecular flexibility index (Phi) is 5.20. The largest absolute Gasteiger partial charge is 0.309 e. The van der Waals surface area contributed by atoms with Gasteiger partial charge in [0.1, 0.15) is 0 Å². The van der Waals surface area contributed by atoms with Crippen molar-refractivity contribution in [3.8, 4) is 27.9 Å². The van der Waals surface area contributed by atoms with Crippen molar-refractivity contribution in [2.24, 2.45) is 0 Å². The molecule has 0 N–H and O–H groups in total. The molecule has 1 heterocycles. The number of fused-ring (bicyclic) bond motifs is 3. The molecule has 0 amide bonds. The van der Waals surface area contributed by atoms with Gasteiger partial charge in [-0.1, -0.05) is 78.9 Å². The summed E-state index contributed by atoms with van der Waals surface area (Å²) in [4.78, 5) is 11.6. The van der Waals surface area contributed by atoms with Crippen molar-refractivity contribution in [3.63, 3.8) is 0 Å². The Morgan fingerprint density at radius 2 is 1.37 bits per heavy atom. The monoisotopic (exact) mass is 518 g/mol. The highest BCUT2D eigenvalue weighted by Gasteiger charge is 2.23. The zero-order valence-electron chi connectivity index (χ0n) is 18.6. The van der Waals surface area contributed by atoms with Crippen LogP contribution in [0.1, 0.15) is 0 Å². The number of para-hydroxylation sites is 1. The van der Waals surface area contributed by atoms with Crippen LogP contribution in [-0.4, -0.2) is 9.49 Å². The standard InChI is InChI=1S/C30H19BrN2O2/c31-25-15-8-18-28(33(34)35)30(25)24-14-7-17-27-29(24)23-13-4-5-16-26(23)32(27)22-12-6-11-21(19-22)20-9-2-1-3-10-20/h1-19H. The van der Waals surface area contributed by atoms with Crippen molar-refractivity contribution >= 4 is 43.4 Å². The predicted molar refractivity (Wildman–Crippen MR) is 146 cm³/mol. The number of nitro groups is 1. The number of halogens is 1. The third-order valence-corrected chi connectivity index (χ3v) is 7.03. The molecule has 5 aromatic carbocycles. The molecule has 6 rings (SSSR count). The van der Waals surface area contributed by atoms with Gasteiger partial charge in [0.15, 0.2) is 0 Å². The first-order valence-corrected chi connectivity index (χ1v) is 12.0. The van der Waals surface area contributed by atoms with E-state index in [2.05, 4.69) is 75.1 Å². The molecule has 5 heteroatoms. The summed E-state index contributed by atoms with van der Waals surface area (Å²) in [6, 6.07) is 38.1. The van der Waals surface area contributed by atoms with Gasteiger partial charge in [-0.05, 0) is 63.0 Å². The van der Waals surface area contributed by atoms with E-state index in [1.165, 1.54) is 0 Å². The Labute approximate surface area is 210 Å². The Bertz CT molecular complexity index is 1740. The van der Waals surface area contributed by atoms with Crippen molar-refractivity contribution in [1.82, 2.24) is 4.57 Å². The number of hydrogen-bond acceptors (Lipinski definition) is 2. The summed E-state index contributed by atoms with van der Waals surface area (Å²) in [5, 5.41) is 14.0. The molecule has 1 aromatic heterocycles. The van der Waals surface area contributed by atoms with Crippen LogP contribution in [0.3, 0.4) is 0 Å². The highest BCUT2D eigenvalue weighted by atomic mass is 79.9. The SMILES string of the molecule is O=[N+]([O-])c1cccc(Br)c1-c1cccc2c1c1ccccc1n2-c1cccc(-c2ccccc2)c1. The third-order valence-electron chi connectivity index (χ3n) is 6.37. The highest BCUT2D eigenvalue weighted by Crippen LogP contribution is 2.44. The summed E-state index contributed by atoms with van der Waals surface area (Å²) in [5.74, 6) is 0. The first-order chi connectivity index (χ1) is 17.1. The number of nitrogens with zero attached hydrogens (tertiary/aromatic N) is 2. The quantitative estimate of drug-likeness (QED) is 0.173. The lowest BCUT2D eigenvalue weighted by molar-refractivity contribution is -0.384. The minimum Gasteiger partial charge on any atom is -0.309 e. The van der Waals surface area contributed by atoms with Crippen LogP contribution in [0.4, 0.5) is 5.69 Å². The zero-order chi connectivity index (χ0) is 23.9. The summed E-state index contributed by atoms with van der Waals surface area (Å²) in [6.07, 6.45) is 0. The first-order valence-electron chi connectivity index (χ1n) is 11.2. The van der Waals surface area contributed by atoms with Crippen LogP contribution in [0.15, 0.2) is 120 Å². The molecular weight excluding hydrogens is 500 g/mol. The van der Waals surface area contributed by atoms with Gasteiger partial charge in [-0.3, -0.25) is 10.1 Å². The number of nitro benzene ring substituents is 1. The second-order valence-corrected chi connectivity index (χ2v) is 9.21. The molecule has 0 fully saturated rings. The summed E-state index contributed by atoms with van der Waals surface area (Å²) < 4.78 is 2.94. The molecule has 0 atom stereocenters. The van der Waals surface area contributed by atoms with Gasteiger partial charge >= 0.3 is 0 Å². The van der Waals surface area contributed by atoms with E-state index in [1.54, 1.807) is 12.1 Å². The van der Waals surface area contributed by atoms with E-state index in [1.807, 2.05) is 48.5 Å². The molecule has 35 heavy (non-hydrogen) atoms. The van der Waals surface area contributed by atoms with Crippen molar-refractivity contribution in [2.45, 2.75) is 0 Å². The van der Waals surface area contributed by atoms with E-state index in [0.29, 0.717) is 10.0 Å². The first kappa shape index (κ1) is 21.3. The predicted octanol–water partition coefficient (Wildman–Crippen LogP) is 8.79. The van der Waals surface area contributed by atoms with Crippen LogP contribution in [0.5, 0.6) is 0 Å². The van der Waals surface area contributed by atoms with E-state index in [0.717, 1.165) is 44.2 Å². The van der Waals surface area contributed by atoms with Crippen molar-refractivity contribution in [3.05, 3.63) is 130 Å². The maximum absolute atomic E-state index is 11.9. The minimum atomic E-state index is -0.318. The van der Waals surface area contributed by atoms with Crippen molar-refractivity contribution < 1.29 is 4.92 Å². The van der Waals surface area contributed by atoms with Gasteiger partial charge in [-0.25, -0.2) is 0 Å². The van der Waals surface area contributed by atoms with Crippen LogP contribution in [0.25, 0.3) is 49.7 Å². The fourth-order valence-corrected chi connectivity index (χ4v) is 5.46. The molecule has 4 nitrogen and oxygen atoms in total. The number of hydrogen-bond donors (Lipinski definition) is 0. The molecular formula is C30H19BrN2O2. The van der Waals surface area contributed by atoms with Crippen LogP contribution in [-0.2, 0) is 0 Å². The zero-order valence-corrected chi connectivity index (χ0v) is 20.1. The Morgan fingerprint density at radius 3 is 2.20 bits per heavy atom. The summed E-state index contributed by atoms with van der Waals surface area (Å²) in [5.41, 5.74) is 6.87. The molecule has 0 spiro atoms. The number of benzene rings is 5. The molecule has 0 saturated heterocycles. The molecule has 168 valence electrons. The topological polar surface area (TPSA) is 48.1 Å². The second-order valence-electron chi connectivity index (χ2n) is 8.36. The fourth-order valence-electron chi connectivity index (χ4n) is 4.89. The van der Waals surface area contributed by atoms with Gasteiger partial charge in [0, 0.05) is 27.0 Å². The minimum absolute atomic E-state index is 0.0785. The molecule has 6 aromatic rings. The molecule has 0 unspecified atom stereocenters. The maximum Gasteiger partial charge on any atom is 0.278 e. The maximum atomic E-state index is 11.9. The average molecular weight is 519 g/mol. The van der Waals surface area contributed by atoms with Gasteiger partial charge in [0.25, 0.3) is 5.69 Å². The summed E-state index contributed by atoms with van der Waals surface area (Å²) in [7, 11) is 0. The molecule has 0 aliphatic rings. The van der Waals surface area contributed by atoms with Crippen LogP contribution < -0.4 is 0 Å². The normalized spacial score (nSPS) is 11.2. The fraction of sp³-hybridized carbons (Fsp3) is 0. The lowest BCUT2D eigenvalue weighted by atomic mass is 9.98. The molecule has 0 radical (unpaired) electrons. The molecule has 0 aliphatic carbocycles. The second kappa shape index (κ2) is 8.53. The molecule has 0 aliphatic heterocycles. The lowest BCUT2D eigenvalue weighted by Gasteiger charge is -2.11. The highest BCUT2D eigenvalue weighted by molar-refractivity contribution is 9.10. The third kappa shape index (κ3) is 3.52. The average Bonchev–Trinajstić information content (AvgIpc) is 3.24. The van der Waals surface area contributed by atoms with Gasteiger partial charge in [0.2, 0.25) is 0 Å². The van der Waals surface area contributed by atoms with Gasteiger partial charge in [0.05, 0.1) is 21.5 Å². The number of rotatable bonds is 4. The van der Waals surface area contributed by atoms with Crippen LogP contribution in [0, 0.1) is 10.1 Å². The Morgan fingerprint density at radius 1 is 0.686 bits per heavy atom. The lowest BCUT2D eigenvalue weighted by Crippen LogP contribution is -1.95. The molecule has 0 bridgehead atoms. The Hall–Kier alpha value is -4.22. The molecule has 0 saturated carbocycles. The van der Waals surface area contributed by atoms with Gasteiger partial charge < -0.3 is 4.57 Å². The van der Waals surface area contributed by atoms with E-state index in [-0.39, 0.29) is 10.6 Å². The number of aromatic nitrogens is 1. The summed E-state index contributed by atoms with van der Waals surface area (Å²) >= 11 is 3.58. The van der Waals surface area contributed by atoms with E-state index >= 15 is 0 Å². The van der Waals surface area contributed by atoms with E-state index in [4.69, 9.17) is 0 Å². The van der Waals surface area contributed by atoms with Gasteiger partial charge in [-0.2, -0.15) is 0 Å². The van der Waals surface area contributed by atoms with Crippen LogP contribution in [0.2, 0.25) is 0 Å². The van der Waals surface area contributed by atoms with E-state index in [9.17, 15) is 10.1 Å².